The number of benzene rings is 4. The molecule has 5 N–H and O–H groups in total. The van der Waals surface area contributed by atoms with E-state index in [1.807, 2.05) is 108 Å². The molecule has 0 amide bonds. The van der Waals surface area contributed by atoms with Gasteiger partial charge in [0.1, 0.15) is 0 Å². The van der Waals surface area contributed by atoms with Crippen molar-refractivity contribution in [3.63, 3.8) is 0 Å². The molecule has 4 aromatic carbocycles. The molecule has 0 radical (unpaired) electrons. The smallest absolute Gasteiger partial charge is 0.0550 e. The van der Waals surface area contributed by atoms with Crippen LogP contribution >= 0.6 is 0 Å². The highest BCUT2D eigenvalue weighted by atomic mass is 14.9. The van der Waals surface area contributed by atoms with Crippen LogP contribution in [0.5, 0.6) is 0 Å². The molecule has 3 heteroatoms. The summed E-state index contributed by atoms with van der Waals surface area (Å²) in [7, 11) is 0. The van der Waals surface area contributed by atoms with Crippen LogP contribution in [-0.4, -0.2) is 0 Å². The van der Waals surface area contributed by atoms with Gasteiger partial charge in [0.05, 0.1) is 5.70 Å². The minimum Gasteiger partial charge on any atom is -0.405 e. The molecule has 2 aliphatic rings. The first-order chi connectivity index (χ1) is 27.1. The van der Waals surface area contributed by atoms with Crippen LogP contribution in [0.2, 0.25) is 0 Å². The van der Waals surface area contributed by atoms with Crippen molar-refractivity contribution in [3.8, 4) is 22.3 Å². The molecule has 0 spiro atoms. The van der Waals surface area contributed by atoms with Gasteiger partial charge in [-0.3, -0.25) is 0 Å². The molecule has 3 nitrogen and oxygen atoms in total. The summed E-state index contributed by atoms with van der Waals surface area (Å²) in [5.41, 5.74) is 27.7. The number of nitrogens with one attached hydrogen (secondary N) is 1. The number of hydrogen-bond acceptors (Lipinski definition) is 3. The van der Waals surface area contributed by atoms with Gasteiger partial charge in [-0.05, 0) is 109 Å². The van der Waals surface area contributed by atoms with E-state index >= 15 is 0 Å². The van der Waals surface area contributed by atoms with Gasteiger partial charge in [-0.25, -0.2) is 0 Å². The van der Waals surface area contributed by atoms with E-state index in [0.717, 1.165) is 16.8 Å². The molecular weight excluding hydrogens is 679 g/mol. The summed E-state index contributed by atoms with van der Waals surface area (Å²) in [5.74, 6) is 0. The van der Waals surface area contributed by atoms with Crippen LogP contribution in [0, 0.1) is 5.41 Å². The summed E-state index contributed by atoms with van der Waals surface area (Å²) in [4.78, 5) is 0. The van der Waals surface area contributed by atoms with E-state index in [2.05, 4.69) is 124 Å². The fraction of sp³-hybridized carbons (Fsp3) is 0.226. The molecule has 0 bridgehead atoms. The summed E-state index contributed by atoms with van der Waals surface area (Å²) >= 11 is 0. The van der Waals surface area contributed by atoms with Crippen molar-refractivity contribution in [2.24, 2.45) is 16.9 Å². The molecular formula is C53H67N3. The standard InChI is InChI=1S/C26H22N2.C13H16.C7H11N.C3H6.2C2H6/c27-26(24-13-11-22(12-14-24)20-7-3-1-4-8-20)19-28-25-17-15-23(16-18-25)21-9-5-2-6-10-21;1-10-8-9-11-6-4-5-7-12(11)13(10,2)3;1-7(2)5-3-4-6-8;1-3-2;2*1-2/h1-19,28H,27H2;5,7,9H,4,6H2,1-3H3;3-6H,1,8H2,2H3;3H,1H2,2H3;2*1-2H3/b26-19-;;5-3-,6-4-;;;. The first-order valence-electron chi connectivity index (χ1n) is 19.8. The van der Waals surface area contributed by atoms with Crippen molar-refractivity contribution >= 4 is 11.4 Å². The molecule has 0 fully saturated rings. The van der Waals surface area contributed by atoms with Crippen molar-refractivity contribution in [2.75, 3.05) is 5.32 Å². The predicted octanol–water partition coefficient (Wildman–Crippen LogP) is 15.0. The van der Waals surface area contributed by atoms with E-state index in [1.54, 1.807) is 12.2 Å². The van der Waals surface area contributed by atoms with Crippen molar-refractivity contribution in [3.05, 3.63) is 211 Å². The Hall–Kier alpha value is -6.02. The fourth-order valence-electron chi connectivity index (χ4n) is 5.42. The zero-order valence-electron chi connectivity index (χ0n) is 35.6. The summed E-state index contributed by atoms with van der Waals surface area (Å²) < 4.78 is 0. The quantitative estimate of drug-likeness (QED) is 0.100. The Labute approximate surface area is 340 Å². The minimum absolute atomic E-state index is 0.195. The number of anilines is 1. The summed E-state index contributed by atoms with van der Waals surface area (Å²) in [6, 6.07) is 37.3. The lowest BCUT2D eigenvalue weighted by Gasteiger charge is -2.32. The molecule has 0 saturated heterocycles. The van der Waals surface area contributed by atoms with Crippen LogP contribution < -0.4 is 16.8 Å². The van der Waals surface area contributed by atoms with Gasteiger partial charge in [-0.15, -0.1) is 12.3 Å². The second kappa shape index (κ2) is 27.5. The molecule has 0 aliphatic heterocycles. The molecule has 294 valence electrons. The van der Waals surface area contributed by atoms with Crippen LogP contribution in [0.1, 0.15) is 80.7 Å². The van der Waals surface area contributed by atoms with E-state index in [-0.39, 0.29) is 5.41 Å². The maximum atomic E-state index is 6.25. The third-order valence-electron chi connectivity index (χ3n) is 8.60. The van der Waals surface area contributed by atoms with Crippen LogP contribution in [-0.2, 0) is 0 Å². The normalized spacial score (nSPS) is 13.3. The van der Waals surface area contributed by atoms with E-state index < -0.39 is 0 Å². The van der Waals surface area contributed by atoms with Crippen LogP contribution in [0.3, 0.4) is 0 Å². The molecule has 0 unspecified atom stereocenters. The largest absolute Gasteiger partial charge is 0.405 e. The SMILES string of the molecule is C=C(C)/C=C\C=C/N.C=CC.CC.CC.CC1=C=CC2=C(C=CCC2)C1(C)C.N/C(=C\Nc1ccc(-c2ccccc2)cc1)c1ccc(-c2ccccc2)cc1. The van der Waals surface area contributed by atoms with Gasteiger partial charge in [0.2, 0.25) is 0 Å². The Bertz CT molecular complexity index is 1940. The Morgan fingerprint density at radius 3 is 1.73 bits per heavy atom. The molecule has 6 rings (SSSR count). The van der Waals surface area contributed by atoms with Gasteiger partial charge in [-0.1, -0.05) is 181 Å². The summed E-state index contributed by atoms with van der Waals surface area (Å²) in [6.07, 6.45) is 19.7. The number of hydrogen-bond donors (Lipinski definition) is 3. The lowest BCUT2D eigenvalue weighted by molar-refractivity contribution is 0.539. The van der Waals surface area contributed by atoms with Gasteiger partial charge in [0.25, 0.3) is 0 Å². The second-order valence-electron chi connectivity index (χ2n) is 13.0. The van der Waals surface area contributed by atoms with E-state index in [4.69, 9.17) is 11.5 Å². The van der Waals surface area contributed by atoms with E-state index in [9.17, 15) is 0 Å². The van der Waals surface area contributed by atoms with Crippen molar-refractivity contribution in [1.29, 1.82) is 0 Å². The molecule has 0 atom stereocenters. The van der Waals surface area contributed by atoms with Gasteiger partial charge in [0.15, 0.2) is 0 Å². The average molecular weight is 746 g/mol. The highest BCUT2D eigenvalue weighted by Gasteiger charge is 2.28. The third-order valence-corrected chi connectivity index (χ3v) is 8.60. The highest BCUT2D eigenvalue weighted by molar-refractivity contribution is 5.71. The zero-order valence-corrected chi connectivity index (χ0v) is 35.6. The van der Waals surface area contributed by atoms with Gasteiger partial charge in [0, 0.05) is 17.3 Å². The third kappa shape index (κ3) is 16.6. The molecule has 2 aliphatic carbocycles. The van der Waals surface area contributed by atoms with Gasteiger partial charge >= 0.3 is 0 Å². The van der Waals surface area contributed by atoms with E-state index in [1.165, 1.54) is 58.0 Å². The maximum absolute atomic E-state index is 6.25. The lowest BCUT2D eigenvalue weighted by atomic mass is 9.72. The Kier molecular flexibility index (Phi) is 23.6. The molecule has 4 aromatic rings. The monoisotopic (exact) mass is 746 g/mol. The highest BCUT2D eigenvalue weighted by Crippen LogP contribution is 2.42. The van der Waals surface area contributed by atoms with Crippen molar-refractivity contribution < 1.29 is 0 Å². The van der Waals surface area contributed by atoms with Gasteiger partial charge < -0.3 is 16.8 Å². The number of rotatable bonds is 7. The maximum Gasteiger partial charge on any atom is 0.0550 e. The zero-order chi connectivity index (χ0) is 41.8. The second-order valence-corrected chi connectivity index (χ2v) is 13.0. The lowest BCUT2D eigenvalue weighted by Crippen LogP contribution is -2.19. The van der Waals surface area contributed by atoms with E-state index in [0.29, 0.717) is 5.70 Å². The van der Waals surface area contributed by atoms with Crippen LogP contribution in [0.25, 0.3) is 28.0 Å². The first-order valence-corrected chi connectivity index (χ1v) is 19.8. The number of nitrogens with two attached hydrogens (primary N) is 2. The molecule has 0 saturated carbocycles. The number of allylic oxidation sites excluding steroid dienone is 10. The first kappa shape index (κ1) is 48.0. The van der Waals surface area contributed by atoms with Crippen molar-refractivity contribution in [2.45, 2.75) is 75.2 Å². The summed E-state index contributed by atoms with van der Waals surface area (Å²) in [5, 5.41) is 3.28. The van der Waals surface area contributed by atoms with Crippen molar-refractivity contribution in [1.82, 2.24) is 0 Å². The molecule has 56 heavy (non-hydrogen) atoms. The molecule has 0 heterocycles. The molecule has 0 aromatic heterocycles. The Balaban J connectivity index is 0.000000463. The summed E-state index contributed by atoms with van der Waals surface area (Å²) in [6.45, 7) is 25.6. The fourth-order valence-corrected chi connectivity index (χ4v) is 5.42. The van der Waals surface area contributed by atoms with Crippen LogP contribution in [0.15, 0.2) is 205 Å². The Morgan fingerprint density at radius 2 is 1.25 bits per heavy atom. The topological polar surface area (TPSA) is 64.1 Å². The Morgan fingerprint density at radius 1 is 0.768 bits per heavy atom. The minimum atomic E-state index is 0.195. The van der Waals surface area contributed by atoms with Gasteiger partial charge in [-0.2, -0.15) is 0 Å². The van der Waals surface area contributed by atoms with Crippen LogP contribution in [0.4, 0.5) is 5.69 Å². The average Bonchev–Trinajstić information content (AvgIpc) is 3.24. The predicted molar refractivity (Wildman–Crippen MR) is 252 cm³/mol.